The monoisotopic (exact) mass is 261 g/mol. The van der Waals surface area contributed by atoms with E-state index in [9.17, 15) is 0 Å². The summed E-state index contributed by atoms with van der Waals surface area (Å²) in [5.74, 6) is 0. The van der Waals surface area contributed by atoms with E-state index >= 15 is 0 Å². The molecular formula is C14H12ClNS. The average molecular weight is 262 g/mol. The SMILES string of the molecule is Nc1ccc2c(c1)CCC2=Cc1ccc(Cl)s1. The molecule has 0 bridgehead atoms. The number of hydrogen-bond donors (Lipinski definition) is 1. The summed E-state index contributed by atoms with van der Waals surface area (Å²) in [4.78, 5) is 1.22. The highest BCUT2D eigenvalue weighted by atomic mass is 35.5. The van der Waals surface area contributed by atoms with Crippen LogP contribution >= 0.6 is 22.9 Å². The van der Waals surface area contributed by atoms with Crippen molar-refractivity contribution in [2.24, 2.45) is 0 Å². The Hall–Kier alpha value is -1.25. The molecule has 0 saturated heterocycles. The van der Waals surface area contributed by atoms with Crippen molar-refractivity contribution in [2.45, 2.75) is 12.8 Å². The Labute approximate surface area is 110 Å². The zero-order chi connectivity index (χ0) is 11.8. The summed E-state index contributed by atoms with van der Waals surface area (Å²) in [6.07, 6.45) is 4.41. The van der Waals surface area contributed by atoms with Gasteiger partial charge in [-0.25, -0.2) is 0 Å². The quantitative estimate of drug-likeness (QED) is 0.753. The van der Waals surface area contributed by atoms with E-state index in [1.807, 2.05) is 12.1 Å². The van der Waals surface area contributed by atoms with Crippen molar-refractivity contribution in [2.75, 3.05) is 5.73 Å². The first-order valence-electron chi connectivity index (χ1n) is 5.57. The molecule has 1 aromatic carbocycles. The molecule has 3 heteroatoms. The number of thiophene rings is 1. The van der Waals surface area contributed by atoms with Gasteiger partial charge >= 0.3 is 0 Å². The number of benzene rings is 1. The second-order valence-electron chi connectivity index (χ2n) is 4.23. The molecule has 1 aliphatic carbocycles. The maximum Gasteiger partial charge on any atom is 0.0934 e. The maximum absolute atomic E-state index is 5.94. The van der Waals surface area contributed by atoms with Gasteiger partial charge in [-0.15, -0.1) is 11.3 Å². The van der Waals surface area contributed by atoms with Crippen LogP contribution in [0.1, 0.15) is 22.4 Å². The topological polar surface area (TPSA) is 26.0 Å². The Morgan fingerprint density at radius 3 is 2.82 bits per heavy atom. The van der Waals surface area contributed by atoms with Crippen molar-refractivity contribution in [1.82, 2.24) is 0 Å². The Balaban J connectivity index is 2.01. The number of fused-ring (bicyclic) bond motifs is 1. The molecule has 0 fully saturated rings. The van der Waals surface area contributed by atoms with Crippen LogP contribution in [0.2, 0.25) is 4.34 Å². The first-order valence-corrected chi connectivity index (χ1v) is 6.76. The second kappa shape index (κ2) is 4.21. The molecule has 0 spiro atoms. The Bertz CT molecular complexity index is 598. The molecule has 1 aromatic heterocycles. The molecular weight excluding hydrogens is 250 g/mol. The van der Waals surface area contributed by atoms with E-state index < -0.39 is 0 Å². The van der Waals surface area contributed by atoms with Gasteiger partial charge in [-0.3, -0.25) is 0 Å². The molecule has 1 nitrogen and oxygen atoms in total. The van der Waals surface area contributed by atoms with E-state index in [2.05, 4.69) is 24.3 Å². The van der Waals surface area contributed by atoms with Crippen molar-refractivity contribution in [1.29, 1.82) is 0 Å². The first-order chi connectivity index (χ1) is 8.22. The van der Waals surface area contributed by atoms with Gasteiger partial charge in [0, 0.05) is 10.6 Å². The molecule has 0 aliphatic heterocycles. The summed E-state index contributed by atoms with van der Waals surface area (Å²) in [5, 5.41) is 0. The number of anilines is 1. The van der Waals surface area contributed by atoms with E-state index in [1.165, 1.54) is 21.6 Å². The van der Waals surface area contributed by atoms with Crippen LogP contribution in [-0.2, 0) is 6.42 Å². The lowest BCUT2D eigenvalue weighted by molar-refractivity contribution is 1.08. The predicted octanol–water partition coefficient (Wildman–Crippen LogP) is 4.47. The Morgan fingerprint density at radius 2 is 2.06 bits per heavy atom. The normalized spacial score (nSPS) is 16.4. The molecule has 0 unspecified atom stereocenters. The number of nitrogen functional groups attached to an aromatic ring is 1. The molecule has 86 valence electrons. The first kappa shape index (κ1) is 10.9. The molecule has 1 aliphatic rings. The van der Waals surface area contributed by atoms with E-state index in [-0.39, 0.29) is 0 Å². The zero-order valence-electron chi connectivity index (χ0n) is 9.24. The molecule has 0 atom stereocenters. The third kappa shape index (κ3) is 2.11. The fourth-order valence-electron chi connectivity index (χ4n) is 2.27. The smallest absolute Gasteiger partial charge is 0.0934 e. The fourth-order valence-corrected chi connectivity index (χ4v) is 3.29. The molecule has 17 heavy (non-hydrogen) atoms. The van der Waals surface area contributed by atoms with Gasteiger partial charge in [0.15, 0.2) is 0 Å². The maximum atomic E-state index is 5.94. The summed E-state index contributed by atoms with van der Waals surface area (Å²) < 4.78 is 0.840. The summed E-state index contributed by atoms with van der Waals surface area (Å²) >= 11 is 7.56. The molecule has 2 N–H and O–H groups in total. The minimum absolute atomic E-state index is 0.840. The van der Waals surface area contributed by atoms with Crippen molar-refractivity contribution < 1.29 is 0 Å². The second-order valence-corrected chi connectivity index (χ2v) is 5.97. The van der Waals surface area contributed by atoms with Gasteiger partial charge in [0.1, 0.15) is 0 Å². The molecule has 0 amide bonds. The zero-order valence-corrected chi connectivity index (χ0v) is 10.8. The summed E-state index contributed by atoms with van der Waals surface area (Å²) in [6.45, 7) is 0. The number of nitrogens with two attached hydrogens (primary N) is 1. The van der Waals surface area contributed by atoms with Crippen molar-refractivity contribution in [3.63, 3.8) is 0 Å². The van der Waals surface area contributed by atoms with Crippen LogP contribution in [-0.4, -0.2) is 0 Å². The molecule has 1 heterocycles. The van der Waals surface area contributed by atoms with Crippen molar-refractivity contribution in [3.8, 4) is 0 Å². The van der Waals surface area contributed by atoms with Crippen LogP contribution in [0.4, 0.5) is 5.69 Å². The van der Waals surface area contributed by atoms with E-state index in [0.29, 0.717) is 0 Å². The van der Waals surface area contributed by atoms with E-state index in [0.717, 1.165) is 22.9 Å². The van der Waals surface area contributed by atoms with E-state index in [1.54, 1.807) is 11.3 Å². The average Bonchev–Trinajstić information content (AvgIpc) is 2.86. The Morgan fingerprint density at radius 1 is 1.18 bits per heavy atom. The van der Waals surface area contributed by atoms with Gasteiger partial charge in [0.05, 0.1) is 4.34 Å². The van der Waals surface area contributed by atoms with Gasteiger partial charge in [-0.05, 0) is 59.9 Å². The van der Waals surface area contributed by atoms with Crippen molar-refractivity contribution in [3.05, 3.63) is 50.7 Å². The highest BCUT2D eigenvalue weighted by Crippen LogP contribution is 2.36. The summed E-state index contributed by atoms with van der Waals surface area (Å²) in [6, 6.07) is 10.2. The van der Waals surface area contributed by atoms with Gasteiger partial charge in [-0.1, -0.05) is 17.7 Å². The lowest BCUT2D eigenvalue weighted by Gasteiger charge is -2.01. The van der Waals surface area contributed by atoms with Crippen LogP contribution in [0.3, 0.4) is 0 Å². The van der Waals surface area contributed by atoms with Crippen molar-refractivity contribution >= 4 is 40.3 Å². The summed E-state index contributed by atoms with van der Waals surface area (Å²) in [5.41, 5.74) is 10.7. The van der Waals surface area contributed by atoms with Gasteiger partial charge in [0.2, 0.25) is 0 Å². The minimum Gasteiger partial charge on any atom is -0.399 e. The third-order valence-corrected chi connectivity index (χ3v) is 4.23. The number of halogens is 1. The Kier molecular flexibility index (Phi) is 2.69. The number of aryl methyl sites for hydroxylation is 1. The lowest BCUT2D eigenvalue weighted by atomic mass is 10.1. The number of hydrogen-bond acceptors (Lipinski definition) is 2. The highest BCUT2D eigenvalue weighted by molar-refractivity contribution is 7.17. The lowest BCUT2D eigenvalue weighted by Crippen LogP contribution is -1.87. The molecule has 2 aromatic rings. The largest absolute Gasteiger partial charge is 0.399 e. The summed E-state index contributed by atoms with van der Waals surface area (Å²) in [7, 11) is 0. The standard InChI is InChI=1S/C14H12ClNS/c15-14-6-4-12(17-14)8-10-2-1-9-7-11(16)3-5-13(9)10/h3-8H,1-2,16H2. The number of rotatable bonds is 1. The van der Waals surface area contributed by atoms with Crippen LogP contribution in [0.15, 0.2) is 30.3 Å². The molecule has 0 saturated carbocycles. The van der Waals surface area contributed by atoms with E-state index in [4.69, 9.17) is 17.3 Å². The van der Waals surface area contributed by atoms with Crippen LogP contribution in [0, 0.1) is 0 Å². The fraction of sp³-hybridized carbons (Fsp3) is 0.143. The van der Waals surface area contributed by atoms with Crippen LogP contribution < -0.4 is 5.73 Å². The highest BCUT2D eigenvalue weighted by Gasteiger charge is 2.16. The van der Waals surface area contributed by atoms with Crippen LogP contribution in [0.25, 0.3) is 11.6 Å². The minimum atomic E-state index is 0.840. The van der Waals surface area contributed by atoms with Gasteiger partial charge in [-0.2, -0.15) is 0 Å². The molecule has 3 rings (SSSR count). The van der Waals surface area contributed by atoms with Crippen LogP contribution in [0.5, 0.6) is 0 Å². The van der Waals surface area contributed by atoms with Gasteiger partial charge in [0.25, 0.3) is 0 Å². The molecule has 0 radical (unpaired) electrons. The predicted molar refractivity (Wildman–Crippen MR) is 76.4 cm³/mol. The van der Waals surface area contributed by atoms with Gasteiger partial charge < -0.3 is 5.73 Å². The number of allylic oxidation sites excluding steroid dienone is 1. The third-order valence-electron chi connectivity index (χ3n) is 3.05.